The first-order valence-electron chi connectivity index (χ1n) is 7.80. The second kappa shape index (κ2) is 6.73. The highest BCUT2D eigenvalue weighted by Gasteiger charge is 2.19. The van der Waals surface area contributed by atoms with E-state index in [0.29, 0.717) is 6.10 Å². The van der Waals surface area contributed by atoms with Crippen molar-refractivity contribution in [3.05, 3.63) is 42.5 Å². The first-order chi connectivity index (χ1) is 10.8. The summed E-state index contributed by atoms with van der Waals surface area (Å²) in [4.78, 5) is 0. The highest BCUT2D eigenvalue weighted by Crippen LogP contribution is 2.37. The summed E-state index contributed by atoms with van der Waals surface area (Å²) >= 11 is 0. The summed E-state index contributed by atoms with van der Waals surface area (Å²) in [6, 6.07) is 14.1. The Morgan fingerprint density at radius 1 is 0.818 bits per heavy atom. The van der Waals surface area contributed by atoms with Crippen LogP contribution in [0.25, 0.3) is 11.1 Å². The van der Waals surface area contributed by atoms with Crippen molar-refractivity contribution in [1.29, 1.82) is 0 Å². The predicted molar refractivity (Wildman–Crippen MR) is 87.9 cm³/mol. The maximum atomic E-state index is 6.17. The van der Waals surface area contributed by atoms with Crippen LogP contribution in [0, 0.1) is 0 Å². The van der Waals surface area contributed by atoms with Crippen LogP contribution in [0.15, 0.2) is 42.5 Å². The minimum Gasteiger partial charge on any atom is -0.496 e. The average molecular weight is 298 g/mol. The summed E-state index contributed by atoms with van der Waals surface area (Å²) < 4.78 is 17.1. The number of hydrogen-bond donors (Lipinski definition) is 0. The van der Waals surface area contributed by atoms with Gasteiger partial charge in [0.2, 0.25) is 0 Å². The summed E-state index contributed by atoms with van der Waals surface area (Å²) in [7, 11) is 3.37. The van der Waals surface area contributed by atoms with Crippen LogP contribution in [-0.2, 0) is 0 Å². The maximum absolute atomic E-state index is 6.17. The number of hydrogen-bond acceptors (Lipinski definition) is 3. The Labute approximate surface area is 131 Å². The summed E-state index contributed by atoms with van der Waals surface area (Å²) in [6.45, 7) is 0. The molecule has 0 saturated heterocycles. The van der Waals surface area contributed by atoms with Crippen molar-refractivity contribution < 1.29 is 14.2 Å². The summed E-state index contributed by atoms with van der Waals surface area (Å²) in [5, 5.41) is 0. The van der Waals surface area contributed by atoms with Gasteiger partial charge < -0.3 is 14.2 Å². The molecule has 0 aliphatic heterocycles. The van der Waals surface area contributed by atoms with E-state index in [0.717, 1.165) is 41.2 Å². The lowest BCUT2D eigenvalue weighted by Gasteiger charge is -2.17. The molecule has 0 atom stereocenters. The number of rotatable bonds is 5. The third-order valence-electron chi connectivity index (χ3n) is 4.18. The molecule has 22 heavy (non-hydrogen) atoms. The fraction of sp³-hybridized carbons (Fsp3) is 0.368. The van der Waals surface area contributed by atoms with Crippen LogP contribution in [0.1, 0.15) is 25.7 Å². The molecule has 0 aromatic heterocycles. The van der Waals surface area contributed by atoms with Gasteiger partial charge in [0.05, 0.1) is 20.3 Å². The number of benzene rings is 2. The van der Waals surface area contributed by atoms with Crippen LogP contribution in [-0.4, -0.2) is 20.3 Å². The molecule has 0 amide bonds. The van der Waals surface area contributed by atoms with E-state index < -0.39 is 0 Å². The number of methoxy groups -OCH3 is 2. The molecule has 0 N–H and O–H groups in total. The van der Waals surface area contributed by atoms with Crippen LogP contribution >= 0.6 is 0 Å². The van der Waals surface area contributed by atoms with E-state index in [1.165, 1.54) is 12.8 Å². The second-order valence-electron chi connectivity index (χ2n) is 5.59. The van der Waals surface area contributed by atoms with Crippen LogP contribution in [0.2, 0.25) is 0 Å². The van der Waals surface area contributed by atoms with E-state index in [2.05, 4.69) is 12.1 Å². The van der Waals surface area contributed by atoms with Crippen molar-refractivity contribution in [1.82, 2.24) is 0 Å². The normalized spacial score (nSPS) is 14.8. The minimum absolute atomic E-state index is 0.307. The Morgan fingerprint density at radius 2 is 1.55 bits per heavy atom. The van der Waals surface area contributed by atoms with Gasteiger partial charge in [-0.2, -0.15) is 0 Å². The van der Waals surface area contributed by atoms with Crippen molar-refractivity contribution in [2.75, 3.05) is 14.2 Å². The van der Waals surface area contributed by atoms with Gasteiger partial charge >= 0.3 is 0 Å². The molecule has 3 heteroatoms. The lowest BCUT2D eigenvalue weighted by molar-refractivity contribution is 0.201. The third kappa shape index (κ3) is 3.03. The molecule has 1 saturated carbocycles. The standard InChI is InChI=1S/C19H22O3/c1-20-17-10-6-5-9-16(17)14-11-12-18(21-2)19(13-14)22-15-7-3-4-8-15/h5-6,9-13,15H,3-4,7-8H2,1-2H3. The molecule has 1 fully saturated rings. The third-order valence-corrected chi connectivity index (χ3v) is 4.18. The van der Waals surface area contributed by atoms with Crippen LogP contribution in [0.5, 0.6) is 17.2 Å². The van der Waals surface area contributed by atoms with Gasteiger partial charge in [-0.25, -0.2) is 0 Å². The zero-order chi connectivity index (χ0) is 15.4. The maximum Gasteiger partial charge on any atom is 0.162 e. The molecule has 3 rings (SSSR count). The fourth-order valence-electron chi connectivity index (χ4n) is 3.01. The van der Waals surface area contributed by atoms with E-state index >= 15 is 0 Å². The molecule has 0 heterocycles. The van der Waals surface area contributed by atoms with Crippen LogP contribution < -0.4 is 14.2 Å². The van der Waals surface area contributed by atoms with Gasteiger partial charge in [-0.15, -0.1) is 0 Å². The van der Waals surface area contributed by atoms with Gasteiger partial charge in [-0.3, -0.25) is 0 Å². The van der Waals surface area contributed by atoms with E-state index in [1.54, 1.807) is 14.2 Å². The molecule has 3 nitrogen and oxygen atoms in total. The fourth-order valence-corrected chi connectivity index (χ4v) is 3.01. The molecule has 2 aromatic rings. The van der Waals surface area contributed by atoms with Crippen molar-refractivity contribution in [3.63, 3.8) is 0 Å². The Balaban J connectivity index is 1.95. The zero-order valence-electron chi connectivity index (χ0n) is 13.2. The van der Waals surface area contributed by atoms with Crippen molar-refractivity contribution >= 4 is 0 Å². The van der Waals surface area contributed by atoms with Crippen molar-refractivity contribution in [2.24, 2.45) is 0 Å². The first-order valence-corrected chi connectivity index (χ1v) is 7.80. The van der Waals surface area contributed by atoms with Gasteiger partial charge in [-0.1, -0.05) is 24.3 Å². The molecule has 0 radical (unpaired) electrons. The first kappa shape index (κ1) is 14.8. The molecule has 0 bridgehead atoms. The molecule has 0 spiro atoms. The molecular formula is C19H22O3. The molecule has 116 valence electrons. The average Bonchev–Trinajstić information content (AvgIpc) is 3.08. The monoisotopic (exact) mass is 298 g/mol. The quantitative estimate of drug-likeness (QED) is 0.801. The van der Waals surface area contributed by atoms with Crippen LogP contribution in [0.4, 0.5) is 0 Å². The van der Waals surface area contributed by atoms with E-state index in [9.17, 15) is 0 Å². The minimum atomic E-state index is 0.307. The Hall–Kier alpha value is -2.16. The Morgan fingerprint density at radius 3 is 2.27 bits per heavy atom. The molecule has 1 aliphatic carbocycles. The lowest BCUT2D eigenvalue weighted by atomic mass is 10.0. The smallest absolute Gasteiger partial charge is 0.162 e. The van der Waals surface area contributed by atoms with Crippen molar-refractivity contribution in [3.8, 4) is 28.4 Å². The van der Waals surface area contributed by atoms with Gasteiger partial charge in [0, 0.05) is 5.56 Å². The Kier molecular flexibility index (Phi) is 4.52. The molecule has 0 unspecified atom stereocenters. The van der Waals surface area contributed by atoms with Crippen LogP contribution in [0.3, 0.4) is 0 Å². The van der Waals surface area contributed by atoms with E-state index in [4.69, 9.17) is 14.2 Å². The summed E-state index contributed by atoms with van der Waals surface area (Å²) in [6.07, 6.45) is 5.06. The number of para-hydroxylation sites is 1. The van der Waals surface area contributed by atoms with Gasteiger partial charge in [-0.05, 0) is 49.4 Å². The summed E-state index contributed by atoms with van der Waals surface area (Å²) in [5.74, 6) is 2.46. The SMILES string of the molecule is COc1ccc(-c2ccccc2OC)cc1OC1CCCC1. The molecule has 2 aromatic carbocycles. The topological polar surface area (TPSA) is 27.7 Å². The largest absolute Gasteiger partial charge is 0.496 e. The zero-order valence-corrected chi connectivity index (χ0v) is 13.2. The van der Waals surface area contributed by atoms with Crippen molar-refractivity contribution in [2.45, 2.75) is 31.8 Å². The summed E-state index contributed by atoms with van der Waals surface area (Å²) in [5.41, 5.74) is 2.13. The van der Waals surface area contributed by atoms with E-state index in [1.807, 2.05) is 30.3 Å². The Bertz CT molecular complexity index is 630. The molecular weight excluding hydrogens is 276 g/mol. The van der Waals surface area contributed by atoms with Gasteiger partial charge in [0.15, 0.2) is 11.5 Å². The molecule has 1 aliphatic rings. The van der Waals surface area contributed by atoms with E-state index in [-0.39, 0.29) is 0 Å². The highest BCUT2D eigenvalue weighted by atomic mass is 16.5. The second-order valence-corrected chi connectivity index (χ2v) is 5.59. The predicted octanol–water partition coefficient (Wildman–Crippen LogP) is 4.69. The highest BCUT2D eigenvalue weighted by molar-refractivity contribution is 5.72. The lowest BCUT2D eigenvalue weighted by Crippen LogP contribution is -2.11. The van der Waals surface area contributed by atoms with Gasteiger partial charge in [0.25, 0.3) is 0 Å². The van der Waals surface area contributed by atoms with Gasteiger partial charge in [0.1, 0.15) is 5.75 Å². The number of ether oxygens (including phenoxy) is 3.